The molecule has 0 bridgehead atoms. The van der Waals surface area contributed by atoms with Crippen LogP contribution in [-0.4, -0.2) is 60.5 Å². The second-order valence-electron chi connectivity index (χ2n) is 5.67. The van der Waals surface area contributed by atoms with Crippen LogP contribution in [0.15, 0.2) is 18.3 Å². The van der Waals surface area contributed by atoms with Gasteiger partial charge in [-0.1, -0.05) is 13.8 Å². The molecule has 1 N–H and O–H groups in total. The van der Waals surface area contributed by atoms with Crippen molar-refractivity contribution in [2.24, 2.45) is 5.92 Å². The Kier molecular flexibility index (Phi) is 4.95. The molecule has 1 amide bonds. The lowest BCUT2D eigenvalue weighted by molar-refractivity contribution is 0.0623. The largest absolute Gasteiger partial charge is 0.373 e. The minimum Gasteiger partial charge on any atom is -0.373 e. The summed E-state index contributed by atoms with van der Waals surface area (Å²) < 4.78 is 0. The van der Waals surface area contributed by atoms with E-state index < -0.39 is 0 Å². The molecule has 5 nitrogen and oxygen atoms in total. The summed E-state index contributed by atoms with van der Waals surface area (Å²) in [5.74, 6) is 1.54. The van der Waals surface area contributed by atoms with Crippen molar-refractivity contribution < 1.29 is 4.79 Å². The molecule has 1 aromatic heterocycles. The molecule has 0 aromatic carbocycles. The topological polar surface area (TPSA) is 48.5 Å². The number of hydrogen-bond acceptors (Lipinski definition) is 4. The molecule has 2 heterocycles. The van der Waals surface area contributed by atoms with Crippen molar-refractivity contribution in [1.82, 2.24) is 14.8 Å². The van der Waals surface area contributed by atoms with Crippen molar-refractivity contribution in [3.8, 4) is 0 Å². The monoisotopic (exact) mass is 276 g/mol. The molecule has 5 heteroatoms. The Hall–Kier alpha value is -1.62. The highest BCUT2D eigenvalue weighted by Gasteiger charge is 2.22. The number of amides is 1. The first-order valence-corrected chi connectivity index (χ1v) is 7.25. The lowest BCUT2D eigenvalue weighted by Gasteiger charge is -2.35. The van der Waals surface area contributed by atoms with Crippen LogP contribution < -0.4 is 5.32 Å². The normalized spacial score (nSPS) is 16.5. The lowest BCUT2D eigenvalue weighted by Crippen LogP contribution is -2.49. The minimum atomic E-state index is 0.0874. The summed E-state index contributed by atoms with van der Waals surface area (Å²) in [4.78, 5) is 20.9. The third-order valence-electron chi connectivity index (χ3n) is 3.55. The predicted molar refractivity (Wildman–Crippen MR) is 81.0 cm³/mol. The number of nitrogens with one attached hydrogen (secondary N) is 1. The van der Waals surface area contributed by atoms with Crippen molar-refractivity contribution >= 4 is 11.7 Å². The molecule has 1 aliphatic rings. The van der Waals surface area contributed by atoms with Gasteiger partial charge < -0.3 is 10.2 Å². The number of nitrogens with zero attached hydrogens (tertiary/aromatic N) is 3. The van der Waals surface area contributed by atoms with E-state index in [0.717, 1.165) is 38.5 Å². The summed E-state index contributed by atoms with van der Waals surface area (Å²) in [7, 11) is 1.82. The summed E-state index contributed by atoms with van der Waals surface area (Å²) in [5.41, 5.74) is 0.668. The molecule has 1 aliphatic heterocycles. The van der Waals surface area contributed by atoms with Gasteiger partial charge in [-0.25, -0.2) is 4.98 Å². The van der Waals surface area contributed by atoms with E-state index in [0.29, 0.717) is 11.5 Å². The second-order valence-corrected chi connectivity index (χ2v) is 5.67. The van der Waals surface area contributed by atoms with E-state index in [2.05, 4.69) is 29.0 Å². The van der Waals surface area contributed by atoms with E-state index in [9.17, 15) is 4.79 Å². The maximum atomic E-state index is 12.4. The average Bonchev–Trinajstić information content (AvgIpc) is 2.47. The molecule has 110 valence electrons. The molecule has 2 rings (SSSR count). The van der Waals surface area contributed by atoms with Gasteiger partial charge in [0.15, 0.2) is 0 Å². The number of carbonyl (C=O) groups is 1. The Morgan fingerprint density at radius 2 is 2.00 bits per heavy atom. The van der Waals surface area contributed by atoms with Crippen LogP contribution in [0.5, 0.6) is 0 Å². The molecular weight excluding hydrogens is 252 g/mol. The van der Waals surface area contributed by atoms with Crippen LogP contribution >= 0.6 is 0 Å². The predicted octanol–water partition coefficient (Wildman–Crippen LogP) is 1.54. The lowest BCUT2D eigenvalue weighted by atomic mass is 10.1. The van der Waals surface area contributed by atoms with E-state index in [1.54, 1.807) is 6.20 Å². The Morgan fingerprint density at radius 1 is 1.30 bits per heavy atom. The summed E-state index contributed by atoms with van der Waals surface area (Å²) in [5, 5.41) is 2.95. The highest BCUT2D eigenvalue weighted by Crippen LogP contribution is 2.11. The number of aromatic nitrogens is 1. The van der Waals surface area contributed by atoms with Crippen LogP contribution in [0.2, 0.25) is 0 Å². The summed E-state index contributed by atoms with van der Waals surface area (Å²) in [6.07, 6.45) is 1.65. The molecule has 0 atom stereocenters. The highest BCUT2D eigenvalue weighted by molar-refractivity contribution is 5.94. The van der Waals surface area contributed by atoms with Gasteiger partial charge in [-0.05, 0) is 18.1 Å². The number of carbonyl (C=O) groups excluding carboxylic acids is 1. The van der Waals surface area contributed by atoms with E-state index >= 15 is 0 Å². The molecule has 0 spiro atoms. The third-order valence-corrected chi connectivity index (χ3v) is 3.55. The first-order chi connectivity index (χ1) is 9.60. The van der Waals surface area contributed by atoms with Gasteiger partial charge in [-0.3, -0.25) is 9.69 Å². The Morgan fingerprint density at radius 3 is 2.50 bits per heavy atom. The molecule has 1 saturated heterocycles. The van der Waals surface area contributed by atoms with Gasteiger partial charge >= 0.3 is 0 Å². The summed E-state index contributed by atoms with van der Waals surface area (Å²) in [6, 6.07) is 3.67. The summed E-state index contributed by atoms with van der Waals surface area (Å²) in [6.45, 7) is 9.11. The zero-order chi connectivity index (χ0) is 14.5. The molecule has 1 fully saturated rings. The van der Waals surface area contributed by atoms with Gasteiger partial charge in [0.05, 0.1) is 5.56 Å². The van der Waals surface area contributed by atoms with Crippen molar-refractivity contribution in [3.05, 3.63) is 23.9 Å². The zero-order valence-electron chi connectivity index (χ0n) is 12.6. The number of hydrogen-bond donors (Lipinski definition) is 1. The SMILES string of the molecule is CNc1ccc(C(=O)N2CCN(CC(C)C)CC2)cn1. The van der Waals surface area contributed by atoms with Gasteiger partial charge in [0.25, 0.3) is 5.91 Å². The number of piperazine rings is 1. The van der Waals surface area contributed by atoms with E-state index in [4.69, 9.17) is 0 Å². The van der Waals surface area contributed by atoms with E-state index in [1.807, 2.05) is 24.1 Å². The van der Waals surface area contributed by atoms with Crippen molar-refractivity contribution in [1.29, 1.82) is 0 Å². The second kappa shape index (κ2) is 6.70. The van der Waals surface area contributed by atoms with Gasteiger partial charge in [0.1, 0.15) is 5.82 Å². The van der Waals surface area contributed by atoms with Crippen LogP contribution in [-0.2, 0) is 0 Å². The first-order valence-electron chi connectivity index (χ1n) is 7.25. The molecule has 0 radical (unpaired) electrons. The van der Waals surface area contributed by atoms with Gasteiger partial charge in [0, 0.05) is 46.0 Å². The molecule has 0 aliphatic carbocycles. The molecule has 20 heavy (non-hydrogen) atoms. The highest BCUT2D eigenvalue weighted by atomic mass is 16.2. The number of pyridine rings is 1. The van der Waals surface area contributed by atoms with Crippen LogP contribution in [0.1, 0.15) is 24.2 Å². The maximum Gasteiger partial charge on any atom is 0.255 e. The Labute approximate surface area is 121 Å². The quantitative estimate of drug-likeness (QED) is 0.906. The molecule has 0 unspecified atom stereocenters. The smallest absolute Gasteiger partial charge is 0.255 e. The van der Waals surface area contributed by atoms with Crippen LogP contribution in [0.3, 0.4) is 0 Å². The first kappa shape index (κ1) is 14.8. The zero-order valence-corrected chi connectivity index (χ0v) is 12.6. The fraction of sp³-hybridized carbons (Fsp3) is 0.600. The number of anilines is 1. The number of rotatable bonds is 4. The Bertz CT molecular complexity index is 436. The van der Waals surface area contributed by atoms with Gasteiger partial charge in [-0.15, -0.1) is 0 Å². The van der Waals surface area contributed by atoms with E-state index in [-0.39, 0.29) is 5.91 Å². The third kappa shape index (κ3) is 3.70. The van der Waals surface area contributed by atoms with Crippen molar-refractivity contribution in [2.45, 2.75) is 13.8 Å². The van der Waals surface area contributed by atoms with Crippen LogP contribution in [0, 0.1) is 5.92 Å². The van der Waals surface area contributed by atoms with Crippen LogP contribution in [0.4, 0.5) is 5.82 Å². The van der Waals surface area contributed by atoms with Crippen LogP contribution in [0.25, 0.3) is 0 Å². The fourth-order valence-corrected chi connectivity index (χ4v) is 2.50. The van der Waals surface area contributed by atoms with Gasteiger partial charge in [-0.2, -0.15) is 0 Å². The molecular formula is C15H24N4O. The van der Waals surface area contributed by atoms with Gasteiger partial charge in [0.2, 0.25) is 0 Å². The van der Waals surface area contributed by atoms with E-state index in [1.165, 1.54) is 0 Å². The Balaban J connectivity index is 1.90. The van der Waals surface area contributed by atoms with Crippen molar-refractivity contribution in [3.63, 3.8) is 0 Å². The fourth-order valence-electron chi connectivity index (χ4n) is 2.50. The molecule has 0 saturated carbocycles. The average molecular weight is 276 g/mol. The molecule has 1 aromatic rings. The summed E-state index contributed by atoms with van der Waals surface area (Å²) >= 11 is 0. The van der Waals surface area contributed by atoms with Crippen molar-refractivity contribution in [2.75, 3.05) is 45.1 Å². The minimum absolute atomic E-state index is 0.0874. The standard InChI is InChI=1S/C15H24N4O/c1-12(2)11-18-6-8-19(9-7-18)15(20)13-4-5-14(16-3)17-10-13/h4-5,10,12H,6-9,11H2,1-3H3,(H,16,17). The maximum absolute atomic E-state index is 12.4.